The molecule has 0 spiro atoms. The fourth-order valence-electron chi connectivity index (χ4n) is 5.11. The fraction of sp³-hybridized carbons (Fsp3) is 0.423. The van der Waals surface area contributed by atoms with Crippen molar-refractivity contribution >= 4 is 23.5 Å². The lowest BCUT2D eigenvalue weighted by Gasteiger charge is -2.23. The van der Waals surface area contributed by atoms with E-state index in [1.807, 2.05) is 13.8 Å². The molecule has 0 heterocycles. The Morgan fingerprint density at radius 3 is 2.41 bits per heavy atom. The highest BCUT2D eigenvalue weighted by molar-refractivity contribution is 6.37. The van der Waals surface area contributed by atoms with Gasteiger partial charge in [0, 0.05) is 11.7 Å². The van der Waals surface area contributed by atoms with E-state index in [1.165, 1.54) is 25.0 Å². The molecule has 34 heavy (non-hydrogen) atoms. The summed E-state index contributed by atoms with van der Waals surface area (Å²) in [7, 11) is 0. The molecule has 0 aromatic heterocycles. The molecule has 0 saturated heterocycles. The lowest BCUT2D eigenvalue weighted by atomic mass is 9.95. The van der Waals surface area contributed by atoms with Gasteiger partial charge in [-0.3, -0.25) is 9.59 Å². The van der Waals surface area contributed by atoms with E-state index in [4.69, 9.17) is 9.47 Å². The molecular weight excluding hydrogens is 436 g/mol. The zero-order valence-corrected chi connectivity index (χ0v) is 19.6. The molecule has 3 unspecified atom stereocenters. The number of anilines is 1. The number of carbonyl (C=O) groups is 3. The molecule has 8 nitrogen and oxygen atoms in total. The number of ether oxygens (including phenoxy) is 2. The molecule has 2 saturated carbocycles. The number of rotatable bonds is 6. The first kappa shape index (κ1) is 23.6. The van der Waals surface area contributed by atoms with E-state index in [0.29, 0.717) is 29.0 Å². The molecule has 0 aliphatic heterocycles. The Bertz CT molecular complexity index is 1110. The highest BCUT2D eigenvalue weighted by atomic mass is 16.5. The monoisotopic (exact) mass is 466 g/mol. The van der Waals surface area contributed by atoms with Crippen LogP contribution in [0.3, 0.4) is 0 Å². The lowest BCUT2D eigenvalue weighted by molar-refractivity contribution is -0.152. The Hall–Kier alpha value is -3.55. The Balaban J connectivity index is 1.47. The van der Waals surface area contributed by atoms with E-state index in [0.717, 1.165) is 24.0 Å². The SMILES string of the molecule is CCOC(=O)C(=O)Nc1cc(C)c(Oc2ccc(O)c(C(=O)NC3CC4CCC3C4)c2)c(C)c1. The average Bonchev–Trinajstić information content (AvgIpc) is 3.40. The van der Waals surface area contributed by atoms with Gasteiger partial charge in [-0.1, -0.05) is 6.42 Å². The fourth-order valence-corrected chi connectivity index (χ4v) is 5.11. The van der Waals surface area contributed by atoms with Crippen molar-refractivity contribution in [2.75, 3.05) is 11.9 Å². The van der Waals surface area contributed by atoms with Crippen molar-refractivity contribution in [3.8, 4) is 17.2 Å². The van der Waals surface area contributed by atoms with Crippen molar-refractivity contribution in [1.82, 2.24) is 5.32 Å². The number of phenols is 1. The highest BCUT2D eigenvalue weighted by Gasteiger charge is 2.40. The minimum Gasteiger partial charge on any atom is -0.507 e. The van der Waals surface area contributed by atoms with Gasteiger partial charge in [0.05, 0.1) is 12.2 Å². The number of fused-ring (bicyclic) bond motifs is 2. The molecular formula is C26H30N2O6. The molecule has 2 amide bonds. The maximum atomic E-state index is 12.9. The number of carbonyl (C=O) groups excluding carboxylic acids is 3. The molecule has 2 aromatic rings. The van der Waals surface area contributed by atoms with Crippen molar-refractivity contribution in [3.63, 3.8) is 0 Å². The van der Waals surface area contributed by atoms with Crippen LogP contribution in [-0.2, 0) is 14.3 Å². The van der Waals surface area contributed by atoms with Gasteiger partial charge < -0.3 is 25.2 Å². The lowest BCUT2D eigenvalue weighted by Crippen LogP contribution is -2.38. The van der Waals surface area contributed by atoms with Gasteiger partial charge in [0.25, 0.3) is 5.91 Å². The molecule has 2 aliphatic carbocycles. The molecule has 2 aromatic carbocycles. The Kier molecular flexibility index (Phi) is 6.77. The van der Waals surface area contributed by atoms with Crippen molar-refractivity contribution in [2.45, 2.75) is 52.5 Å². The van der Waals surface area contributed by atoms with E-state index in [1.54, 1.807) is 25.1 Å². The van der Waals surface area contributed by atoms with E-state index in [9.17, 15) is 19.5 Å². The first-order valence-corrected chi connectivity index (χ1v) is 11.7. The summed E-state index contributed by atoms with van der Waals surface area (Å²) in [6.07, 6.45) is 4.58. The summed E-state index contributed by atoms with van der Waals surface area (Å²) in [5.41, 5.74) is 2.06. The van der Waals surface area contributed by atoms with Crippen LogP contribution < -0.4 is 15.4 Å². The molecule has 8 heteroatoms. The summed E-state index contributed by atoms with van der Waals surface area (Å²) in [6, 6.07) is 8.11. The normalized spacial score (nSPS) is 20.6. The average molecular weight is 467 g/mol. The maximum Gasteiger partial charge on any atom is 0.397 e. The van der Waals surface area contributed by atoms with Gasteiger partial charge in [0.1, 0.15) is 17.2 Å². The van der Waals surface area contributed by atoms with Gasteiger partial charge >= 0.3 is 11.9 Å². The molecule has 4 rings (SSSR count). The molecule has 2 aliphatic rings. The third-order valence-corrected chi connectivity index (χ3v) is 6.67. The van der Waals surface area contributed by atoms with Crippen molar-refractivity contribution in [3.05, 3.63) is 47.0 Å². The number of aryl methyl sites for hydroxylation is 2. The van der Waals surface area contributed by atoms with Gasteiger partial charge in [-0.05, 0) is 93.3 Å². The Labute approximate surface area is 198 Å². The van der Waals surface area contributed by atoms with Crippen LogP contribution in [0.5, 0.6) is 17.2 Å². The molecule has 0 radical (unpaired) electrons. The van der Waals surface area contributed by atoms with E-state index in [-0.39, 0.29) is 29.9 Å². The maximum absolute atomic E-state index is 12.9. The Morgan fingerprint density at radius 1 is 1.06 bits per heavy atom. The van der Waals surface area contributed by atoms with Gasteiger partial charge in [-0.25, -0.2) is 4.79 Å². The van der Waals surface area contributed by atoms with Crippen molar-refractivity contribution in [2.24, 2.45) is 11.8 Å². The van der Waals surface area contributed by atoms with E-state index >= 15 is 0 Å². The van der Waals surface area contributed by atoms with Crippen LogP contribution in [0, 0.1) is 25.7 Å². The molecule has 180 valence electrons. The van der Waals surface area contributed by atoms with Crippen LogP contribution in [0.2, 0.25) is 0 Å². The van der Waals surface area contributed by atoms with Crippen LogP contribution in [0.25, 0.3) is 0 Å². The number of amides is 2. The minimum absolute atomic E-state index is 0.0986. The smallest absolute Gasteiger partial charge is 0.397 e. The second-order valence-corrected chi connectivity index (χ2v) is 9.15. The first-order chi connectivity index (χ1) is 16.2. The summed E-state index contributed by atoms with van der Waals surface area (Å²) in [5, 5.41) is 15.9. The van der Waals surface area contributed by atoms with E-state index in [2.05, 4.69) is 10.6 Å². The van der Waals surface area contributed by atoms with Crippen LogP contribution in [0.1, 0.15) is 54.1 Å². The summed E-state index contributed by atoms with van der Waals surface area (Å²) in [5.74, 6) is 0.00445. The predicted octanol–water partition coefficient (Wildman–Crippen LogP) is 4.22. The summed E-state index contributed by atoms with van der Waals surface area (Å²) < 4.78 is 10.8. The van der Waals surface area contributed by atoms with Gasteiger partial charge in [0.15, 0.2) is 0 Å². The molecule has 2 fully saturated rings. The molecule has 3 N–H and O–H groups in total. The van der Waals surface area contributed by atoms with Gasteiger partial charge in [0.2, 0.25) is 0 Å². The van der Waals surface area contributed by atoms with Crippen LogP contribution in [-0.4, -0.2) is 35.5 Å². The zero-order chi connectivity index (χ0) is 24.4. The molecule has 2 bridgehead atoms. The number of hydrogen-bond acceptors (Lipinski definition) is 6. The van der Waals surface area contributed by atoms with Crippen molar-refractivity contribution in [1.29, 1.82) is 0 Å². The quantitative estimate of drug-likeness (QED) is 0.434. The number of hydrogen-bond donors (Lipinski definition) is 3. The zero-order valence-electron chi connectivity index (χ0n) is 19.6. The number of benzene rings is 2. The minimum atomic E-state index is -0.946. The summed E-state index contributed by atoms with van der Waals surface area (Å²) in [4.78, 5) is 36.4. The number of phenolic OH excluding ortho intramolecular Hbond substituents is 1. The highest BCUT2D eigenvalue weighted by Crippen LogP contribution is 2.44. The number of esters is 1. The van der Waals surface area contributed by atoms with Crippen LogP contribution in [0.15, 0.2) is 30.3 Å². The first-order valence-electron chi connectivity index (χ1n) is 11.7. The second kappa shape index (κ2) is 9.75. The van der Waals surface area contributed by atoms with Gasteiger partial charge in [-0.2, -0.15) is 0 Å². The largest absolute Gasteiger partial charge is 0.507 e. The van der Waals surface area contributed by atoms with Gasteiger partial charge in [-0.15, -0.1) is 0 Å². The number of aromatic hydroxyl groups is 1. The summed E-state index contributed by atoms with van der Waals surface area (Å²) >= 11 is 0. The standard InChI is InChI=1S/C26H30N2O6/c1-4-33-26(32)25(31)27-18-9-14(2)23(15(3)10-18)34-19-7-8-22(29)20(13-19)24(30)28-21-12-16-5-6-17(21)11-16/h7-10,13,16-17,21,29H,4-6,11-12H2,1-3H3,(H,27,31)(H,28,30). The topological polar surface area (TPSA) is 114 Å². The third-order valence-electron chi connectivity index (χ3n) is 6.67. The van der Waals surface area contributed by atoms with Crippen molar-refractivity contribution < 1.29 is 29.0 Å². The molecule has 3 atom stereocenters. The van der Waals surface area contributed by atoms with Crippen LogP contribution in [0.4, 0.5) is 5.69 Å². The predicted molar refractivity (Wildman–Crippen MR) is 126 cm³/mol. The summed E-state index contributed by atoms with van der Waals surface area (Å²) in [6.45, 7) is 5.37. The van der Waals surface area contributed by atoms with E-state index < -0.39 is 11.9 Å². The third kappa shape index (κ3) is 5.00. The second-order valence-electron chi connectivity index (χ2n) is 9.15. The number of nitrogens with one attached hydrogen (secondary N) is 2. The Morgan fingerprint density at radius 2 is 1.79 bits per heavy atom. The van der Waals surface area contributed by atoms with Crippen LogP contribution >= 0.6 is 0 Å².